The summed E-state index contributed by atoms with van der Waals surface area (Å²) in [5, 5.41) is 16.1. The zero-order valence-electron chi connectivity index (χ0n) is 9.92. The van der Waals surface area contributed by atoms with Crippen molar-refractivity contribution < 1.29 is 0 Å². The fourth-order valence-corrected chi connectivity index (χ4v) is 1.93. The Labute approximate surface area is 114 Å². The van der Waals surface area contributed by atoms with Crippen molar-refractivity contribution in [2.24, 2.45) is 5.73 Å². The zero-order chi connectivity index (χ0) is 13.2. The summed E-state index contributed by atoms with van der Waals surface area (Å²) in [4.78, 5) is 0. The molecule has 0 atom stereocenters. The van der Waals surface area contributed by atoms with Gasteiger partial charge in [-0.25, -0.2) is 0 Å². The molecule has 3 rings (SSSR count). The second-order valence-electron chi connectivity index (χ2n) is 3.94. The maximum Gasteiger partial charge on any atom is 0.178 e. The summed E-state index contributed by atoms with van der Waals surface area (Å²) in [5.74, 6) is 1.29. The first-order valence-corrected chi connectivity index (χ1v) is 6.08. The quantitative estimate of drug-likeness (QED) is 0.763. The molecule has 0 aliphatic carbocycles. The monoisotopic (exact) mass is 274 g/mol. The first-order valence-electron chi connectivity index (χ1n) is 5.70. The van der Waals surface area contributed by atoms with Gasteiger partial charge < -0.3 is 11.1 Å². The van der Waals surface area contributed by atoms with Crippen molar-refractivity contribution in [2.75, 3.05) is 5.32 Å². The Bertz CT molecular complexity index is 723. The Morgan fingerprint density at radius 1 is 1.21 bits per heavy atom. The molecule has 0 saturated carbocycles. The molecule has 3 N–H and O–H groups in total. The SMILES string of the molecule is NCc1nnc2ccc(Nc3cccc(Cl)c3)nn12. The minimum atomic E-state index is 0.286. The van der Waals surface area contributed by atoms with Gasteiger partial charge in [-0.2, -0.15) is 4.52 Å². The number of benzene rings is 1. The minimum Gasteiger partial charge on any atom is -0.339 e. The van der Waals surface area contributed by atoms with Crippen LogP contribution in [-0.4, -0.2) is 19.8 Å². The van der Waals surface area contributed by atoms with Gasteiger partial charge in [0, 0.05) is 10.7 Å². The highest BCUT2D eigenvalue weighted by atomic mass is 35.5. The molecule has 96 valence electrons. The molecule has 0 unspecified atom stereocenters. The fourth-order valence-electron chi connectivity index (χ4n) is 1.74. The third-order valence-corrected chi connectivity index (χ3v) is 2.84. The Morgan fingerprint density at radius 3 is 2.89 bits per heavy atom. The summed E-state index contributed by atoms with van der Waals surface area (Å²) in [6, 6.07) is 11.1. The molecule has 2 aromatic heterocycles. The maximum absolute atomic E-state index is 5.93. The van der Waals surface area contributed by atoms with Gasteiger partial charge in [-0.3, -0.25) is 0 Å². The maximum atomic E-state index is 5.93. The van der Waals surface area contributed by atoms with Crippen LogP contribution in [-0.2, 0) is 6.54 Å². The van der Waals surface area contributed by atoms with E-state index < -0.39 is 0 Å². The van der Waals surface area contributed by atoms with Crippen LogP contribution in [0.15, 0.2) is 36.4 Å². The number of halogens is 1. The topological polar surface area (TPSA) is 81.1 Å². The summed E-state index contributed by atoms with van der Waals surface area (Å²) in [7, 11) is 0. The molecule has 0 aliphatic rings. The van der Waals surface area contributed by atoms with Crippen molar-refractivity contribution >= 4 is 28.8 Å². The van der Waals surface area contributed by atoms with Gasteiger partial charge in [0.25, 0.3) is 0 Å². The van der Waals surface area contributed by atoms with E-state index in [4.69, 9.17) is 17.3 Å². The third-order valence-electron chi connectivity index (χ3n) is 2.61. The molecule has 0 fully saturated rings. The van der Waals surface area contributed by atoms with Gasteiger partial charge in [-0.05, 0) is 30.3 Å². The molecular formula is C12H11ClN6. The molecule has 3 aromatic rings. The summed E-state index contributed by atoms with van der Waals surface area (Å²) >= 11 is 5.93. The predicted molar refractivity (Wildman–Crippen MR) is 73.4 cm³/mol. The lowest BCUT2D eigenvalue weighted by molar-refractivity contribution is 0.811. The number of hydrogen-bond acceptors (Lipinski definition) is 5. The molecule has 6 nitrogen and oxygen atoms in total. The predicted octanol–water partition coefficient (Wildman–Crippen LogP) is 1.98. The lowest BCUT2D eigenvalue weighted by Crippen LogP contribution is -2.06. The van der Waals surface area contributed by atoms with Gasteiger partial charge in [0.2, 0.25) is 0 Å². The summed E-state index contributed by atoms with van der Waals surface area (Å²) in [6.45, 7) is 0.286. The highest BCUT2D eigenvalue weighted by molar-refractivity contribution is 6.30. The summed E-state index contributed by atoms with van der Waals surface area (Å²) in [6.07, 6.45) is 0. The van der Waals surface area contributed by atoms with Gasteiger partial charge in [0.15, 0.2) is 17.3 Å². The first kappa shape index (κ1) is 11.9. The van der Waals surface area contributed by atoms with E-state index in [2.05, 4.69) is 20.6 Å². The van der Waals surface area contributed by atoms with E-state index >= 15 is 0 Å². The van der Waals surface area contributed by atoms with E-state index in [0.29, 0.717) is 22.3 Å². The molecule has 1 aromatic carbocycles. The molecular weight excluding hydrogens is 264 g/mol. The van der Waals surface area contributed by atoms with Crippen LogP contribution in [0, 0.1) is 0 Å². The van der Waals surface area contributed by atoms with Gasteiger partial charge in [-0.15, -0.1) is 15.3 Å². The van der Waals surface area contributed by atoms with Crippen molar-refractivity contribution in [2.45, 2.75) is 6.54 Å². The van der Waals surface area contributed by atoms with Crippen LogP contribution in [0.1, 0.15) is 5.82 Å². The Kier molecular flexibility index (Phi) is 3.02. The smallest absolute Gasteiger partial charge is 0.178 e. The number of anilines is 2. The summed E-state index contributed by atoms with van der Waals surface area (Å²) < 4.78 is 1.62. The molecule has 0 saturated heterocycles. The van der Waals surface area contributed by atoms with Gasteiger partial charge in [0.1, 0.15) is 0 Å². The number of fused-ring (bicyclic) bond motifs is 1. The molecule has 0 radical (unpaired) electrons. The zero-order valence-corrected chi connectivity index (χ0v) is 10.7. The van der Waals surface area contributed by atoms with Gasteiger partial charge in [0.05, 0.1) is 6.54 Å². The van der Waals surface area contributed by atoms with Gasteiger partial charge >= 0.3 is 0 Å². The molecule has 0 bridgehead atoms. The molecule has 19 heavy (non-hydrogen) atoms. The highest BCUT2D eigenvalue weighted by Gasteiger charge is 2.06. The molecule has 0 spiro atoms. The van der Waals surface area contributed by atoms with Crippen molar-refractivity contribution in [1.29, 1.82) is 0 Å². The molecule has 2 heterocycles. The Hall–Kier alpha value is -2.18. The fraction of sp³-hybridized carbons (Fsp3) is 0.0833. The van der Waals surface area contributed by atoms with Crippen LogP contribution in [0.5, 0.6) is 0 Å². The minimum absolute atomic E-state index is 0.286. The summed E-state index contributed by atoms with van der Waals surface area (Å²) in [5.41, 5.74) is 7.11. The van der Waals surface area contributed by atoms with Crippen LogP contribution in [0.3, 0.4) is 0 Å². The Balaban J connectivity index is 1.96. The second kappa shape index (κ2) is 4.83. The normalized spacial score (nSPS) is 10.8. The van der Waals surface area contributed by atoms with Crippen LogP contribution in [0.4, 0.5) is 11.5 Å². The number of hydrogen-bond donors (Lipinski definition) is 2. The van der Waals surface area contributed by atoms with E-state index in [-0.39, 0.29) is 6.54 Å². The van der Waals surface area contributed by atoms with E-state index in [1.807, 2.05) is 36.4 Å². The van der Waals surface area contributed by atoms with Crippen molar-refractivity contribution in [1.82, 2.24) is 19.8 Å². The lowest BCUT2D eigenvalue weighted by atomic mass is 10.3. The van der Waals surface area contributed by atoms with E-state index in [1.165, 1.54) is 0 Å². The number of nitrogens with two attached hydrogens (primary N) is 1. The van der Waals surface area contributed by atoms with Gasteiger partial charge in [-0.1, -0.05) is 17.7 Å². The van der Waals surface area contributed by atoms with Crippen LogP contribution >= 0.6 is 11.6 Å². The number of aromatic nitrogens is 4. The van der Waals surface area contributed by atoms with E-state index in [1.54, 1.807) is 4.52 Å². The van der Waals surface area contributed by atoms with Crippen molar-refractivity contribution in [3.8, 4) is 0 Å². The number of rotatable bonds is 3. The van der Waals surface area contributed by atoms with E-state index in [0.717, 1.165) is 5.69 Å². The van der Waals surface area contributed by atoms with E-state index in [9.17, 15) is 0 Å². The van der Waals surface area contributed by atoms with Crippen molar-refractivity contribution in [3.05, 3.63) is 47.2 Å². The van der Waals surface area contributed by atoms with Crippen LogP contribution < -0.4 is 11.1 Å². The number of nitrogens with one attached hydrogen (secondary N) is 1. The molecule has 0 amide bonds. The average molecular weight is 275 g/mol. The molecule has 7 heteroatoms. The lowest BCUT2D eigenvalue weighted by Gasteiger charge is -2.06. The number of nitrogens with zero attached hydrogens (tertiary/aromatic N) is 4. The first-order chi connectivity index (χ1) is 9.26. The Morgan fingerprint density at radius 2 is 2.11 bits per heavy atom. The highest BCUT2D eigenvalue weighted by Crippen LogP contribution is 2.19. The largest absolute Gasteiger partial charge is 0.339 e. The average Bonchev–Trinajstić information content (AvgIpc) is 2.81. The van der Waals surface area contributed by atoms with Crippen molar-refractivity contribution in [3.63, 3.8) is 0 Å². The standard InChI is InChI=1S/C12H11ClN6/c13-8-2-1-3-9(6-8)15-10-4-5-11-16-17-12(7-14)19(11)18-10/h1-6H,7,14H2,(H,15,18). The molecule has 0 aliphatic heterocycles. The van der Waals surface area contributed by atoms with Crippen LogP contribution in [0.25, 0.3) is 5.65 Å². The van der Waals surface area contributed by atoms with Crippen LogP contribution in [0.2, 0.25) is 5.02 Å². The third kappa shape index (κ3) is 2.35. The second-order valence-corrected chi connectivity index (χ2v) is 4.38.